The first-order valence-corrected chi connectivity index (χ1v) is 18.4. The van der Waals surface area contributed by atoms with Crippen molar-refractivity contribution in [2.24, 2.45) is 0 Å². The van der Waals surface area contributed by atoms with Crippen molar-refractivity contribution < 1.29 is 4.42 Å². The molecule has 0 saturated carbocycles. The summed E-state index contributed by atoms with van der Waals surface area (Å²) in [6, 6.07) is 13.3. The predicted octanol–water partition coefficient (Wildman–Crippen LogP) is 7.57. The Balaban J connectivity index is 2.46. The molecule has 2 rings (SSSR count). The van der Waals surface area contributed by atoms with E-state index in [4.69, 9.17) is 4.42 Å². The molecule has 0 aliphatic rings. The molecule has 2 heteroatoms. The maximum atomic E-state index is 6.67. The van der Waals surface area contributed by atoms with Gasteiger partial charge in [-0.1, -0.05) is 0 Å². The quantitative estimate of drug-likeness (QED) is 0.297. The van der Waals surface area contributed by atoms with E-state index in [2.05, 4.69) is 64.1 Å². The Hall–Kier alpha value is -0.701. The molecule has 0 spiro atoms. The summed E-state index contributed by atoms with van der Waals surface area (Å²) in [6.07, 6.45) is 9.06. The molecule has 1 aromatic carbocycles. The third kappa shape index (κ3) is 5.40. The molecule has 144 valence electrons. The van der Waals surface area contributed by atoms with Crippen LogP contribution in [0.1, 0.15) is 72.0 Å². The SMILES string of the molecule is CCC[CH2][Sn]([CH2]CCC)([CH2]CCC)[c]1cc(-c2ccccc2)c(CC)o1. The number of rotatable bonds is 12. The Kier molecular flexibility index (Phi) is 9.31. The topological polar surface area (TPSA) is 13.1 Å². The van der Waals surface area contributed by atoms with Gasteiger partial charge in [0.1, 0.15) is 0 Å². The summed E-state index contributed by atoms with van der Waals surface area (Å²) < 4.78 is 12.5. The minimum atomic E-state index is -2.47. The van der Waals surface area contributed by atoms with Gasteiger partial charge < -0.3 is 0 Å². The first-order valence-electron chi connectivity index (χ1n) is 10.9. The molecule has 1 heterocycles. The molecular formula is C24H38OSn. The van der Waals surface area contributed by atoms with E-state index in [1.165, 1.54) is 72.5 Å². The fourth-order valence-electron chi connectivity index (χ4n) is 4.10. The van der Waals surface area contributed by atoms with Gasteiger partial charge in [0.15, 0.2) is 0 Å². The molecule has 0 N–H and O–H groups in total. The summed E-state index contributed by atoms with van der Waals surface area (Å²) in [4.78, 5) is 0. The van der Waals surface area contributed by atoms with Crippen LogP contribution in [0.4, 0.5) is 0 Å². The van der Waals surface area contributed by atoms with E-state index in [1.54, 1.807) is 0 Å². The zero-order valence-corrected chi connectivity index (χ0v) is 20.3. The van der Waals surface area contributed by atoms with E-state index >= 15 is 0 Å². The molecule has 2 aromatic rings. The number of hydrogen-bond donors (Lipinski definition) is 0. The van der Waals surface area contributed by atoms with E-state index in [1.807, 2.05) is 0 Å². The van der Waals surface area contributed by atoms with Gasteiger partial charge in [-0.3, -0.25) is 0 Å². The van der Waals surface area contributed by atoms with Gasteiger partial charge in [0.25, 0.3) is 0 Å². The zero-order valence-electron chi connectivity index (χ0n) is 17.4. The van der Waals surface area contributed by atoms with Crippen molar-refractivity contribution in [1.82, 2.24) is 0 Å². The van der Waals surface area contributed by atoms with Crippen molar-refractivity contribution in [3.8, 4) is 11.1 Å². The number of hydrogen-bond acceptors (Lipinski definition) is 1. The van der Waals surface area contributed by atoms with Crippen LogP contribution < -0.4 is 3.78 Å². The zero-order chi connectivity index (χ0) is 18.8. The summed E-state index contributed by atoms with van der Waals surface area (Å²) in [5.41, 5.74) is 2.68. The van der Waals surface area contributed by atoms with Crippen LogP contribution in [0.5, 0.6) is 0 Å². The van der Waals surface area contributed by atoms with E-state index in [0.29, 0.717) is 0 Å². The van der Waals surface area contributed by atoms with Crippen LogP contribution in [0.3, 0.4) is 0 Å². The molecule has 1 aromatic heterocycles. The second-order valence-electron chi connectivity index (χ2n) is 7.76. The number of aryl methyl sites for hydroxylation is 1. The summed E-state index contributed by atoms with van der Waals surface area (Å²) >= 11 is -2.47. The monoisotopic (exact) mass is 462 g/mol. The first-order chi connectivity index (χ1) is 12.7. The van der Waals surface area contributed by atoms with Crippen LogP contribution in [0, 0.1) is 0 Å². The summed E-state index contributed by atoms with van der Waals surface area (Å²) in [5.74, 6) is 1.21. The van der Waals surface area contributed by atoms with E-state index in [-0.39, 0.29) is 0 Å². The van der Waals surface area contributed by atoms with Gasteiger partial charge in [0.2, 0.25) is 0 Å². The maximum absolute atomic E-state index is 6.67. The predicted molar refractivity (Wildman–Crippen MR) is 118 cm³/mol. The minimum absolute atomic E-state index is 0.988. The average molecular weight is 461 g/mol. The van der Waals surface area contributed by atoms with Crippen molar-refractivity contribution in [3.63, 3.8) is 0 Å². The van der Waals surface area contributed by atoms with Crippen molar-refractivity contribution in [1.29, 1.82) is 0 Å². The normalized spacial score (nSPS) is 11.8. The van der Waals surface area contributed by atoms with Crippen LogP contribution in [-0.4, -0.2) is 18.4 Å². The second kappa shape index (κ2) is 11.2. The van der Waals surface area contributed by atoms with Crippen molar-refractivity contribution in [3.05, 3.63) is 42.2 Å². The number of benzene rings is 1. The van der Waals surface area contributed by atoms with Crippen LogP contribution >= 0.6 is 0 Å². The van der Waals surface area contributed by atoms with Gasteiger partial charge in [-0.05, 0) is 0 Å². The van der Waals surface area contributed by atoms with Crippen LogP contribution in [0.15, 0.2) is 40.8 Å². The molecule has 0 bridgehead atoms. The molecule has 0 amide bonds. The second-order valence-corrected chi connectivity index (χ2v) is 20.8. The van der Waals surface area contributed by atoms with Gasteiger partial charge >= 0.3 is 166 Å². The average Bonchev–Trinajstić information content (AvgIpc) is 3.13. The fraction of sp³-hybridized carbons (Fsp3) is 0.583. The van der Waals surface area contributed by atoms with Gasteiger partial charge in [0, 0.05) is 0 Å². The Bertz CT molecular complexity index is 607. The van der Waals surface area contributed by atoms with Gasteiger partial charge in [-0.2, -0.15) is 0 Å². The Morgan fingerprint density at radius 1 is 0.769 bits per heavy atom. The third-order valence-corrected chi connectivity index (χ3v) is 20.7. The van der Waals surface area contributed by atoms with Crippen LogP contribution in [0.2, 0.25) is 13.3 Å². The Morgan fingerprint density at radius 3 is 1.77 bits per heavy atom. The molecule has 0 aliphatic heterocycles. The van der Waals surface area contributed by atoms with E-state index in [9.17, 15) is 0 Å². The molecular weight excluding hydrogens is 423 g/mol. The molecule has 0 saturated heterocycles. The van der Waals surface area contributed by atoms with Crippen LogP contribution in [0.25, 0.3) is 11.1 Å². The van der Waals surface area contributed by atoms with Gasteiger partial charge in [0.05, 0.1) is 0 Å². The molecule has 1 nitrogen and oxygen atoms in total. The summed E-state index contributed by atoms with van der Waals surface area (Å²) in [5, 5.41) is 0. The fourth-order valence-corrected chi connectivity index (χ4v) is 19.4. The van der Waals surface area contributed by atoms with Crippen LogP contribution in [-0.2, 0) is 6.42 Å². The standard InChI is InChI=1S/C12H11O.3C4H9.Sn/c1-2-12-11(8-9-13-12)10-6-4-3-5-7-10;3*1-3-4-2;/h3-8H,2H2,1H3;3*1,3-4H2,2H3;. The number of furan rings is 1. The van der Waals surface area contributed by atoms with Gasteiger partial charge in [-0.15, -0.1) is 0 Å². The first kappa shape index (κ1) is 21.6. The molecule has 0 aliphatic carbocycles. The molecule has 0 radical (unpaired) electrons. The Labute approximate surface area is 165 Å². The molecule has 26 heavy (non-hydrogen) atoms. The molecule has 0 unspecified atom stereocenters. The van der Waals surface area contributed by atoms with Crippen molar-refractivity contribution >= 4 is 22.2 Å². The summed E-state index contributed by atoms with van der Waals surface area (Å²) in [6.45, 7) is 9.25. The van der Waals surface area contributed by atoms with Gasteiger partial charge in [-0.25, -0.2) is 0 Å². The molecule has 0 fully saturated rings. The van der Waals surface area contributed by atoms with Crippen molar-refractivity contribution in [2.75, 3.05) is 0 Å². The van der Waals surface area contributed by atoms with E-state index in [0.717, 1.165) is 6.42 Å². The van der Waals surface area contributed by atoms with E-state index < -0.39 is 18.4 Å². The number of unbranched alkanes of at least 4 members (excludes halogenated alkanes) is 3. The third-order valence-electron chi connectivity index (χ3n) is 5.76. The molecule has 0 atom stereocenters. The van der Waals surface area contributed by atoms with Crippen molar-refractivity contribution in [2.45, 2.75) is 86.0 Å². The summed E-state index contributed by atoms with van der Waals surface area (Å²) in [7, 11) is 0. The Morgan fingerprint density at radius 2 is 1.31 bits per heavy atom.